The maximum atomic E-state index is 11.7. The van der Waals surface area contributed by atoms with Gasteiger partial charge in [-0.3, -0.25) is 9.59 Å². The molecule has 0 amide bonds. The van der Waals surface area contributed by atoms with Crippen LogP contribution < -0.4 is 0 Å². The minimum absolute atomic E-state index is 0.175. The molecular weight excluding hydrogens is 280 g/mol. The van der Waals surface area contributed by atoms with Crippen molar-refractivity contribution in [2.24, 2.45) is 0 Å². The van der Waals surface area contributed by atoms with Crippen molar-refractivity contribution in [3.63, 3.8) is 0 Å². The zero-order chi connectivity index (χ0) is 16.4. The number of carbonyl (C=O) groups excluding carboxylic acids is 1. The summed E-state index contributed by atoms with van der Waals surface area (Å²) in [5, 5.41) is 18.4. The second-order valence-electron chi connectivity index (χ2n) is 5.57. The van der Waals surface area contributed by atoms with E-state index in [4.69, 9.17) is 5.11 Å². The second kappa shape index (κ2) is 10.1. The fourth-order valence-corrected chi connectivity index (χ4v) is 2.49. The lowest BCUT2D eigenvalue weighted by molar-refractivity contribution is -0.137. The Morgan fingerprint density at radius 2 is 2.05 bits per heavy atom. The largest absolute Gasteiger partial charge is 0.481 e. The Balaban J connectivity index is 2.28. The molecule has 1 aliphatic carbocycles. The van der Waals surface area contributed by atoms with Gasteiger partial charge in [-0.25, -0.2) is 0 Å². The molecule has 0 fully saturated rings. The lowest BCUT2D eigenvalue weighted by Gasteiger charge is -2.02. The average Bonchev–Trinajstić information content (AvgIpc) is 2.84. The van der Waals surface area contributed by atoms with E-state index in [1.165, 1.54) is 5.57 Å². The van der Waals surface area contributed by atoms with Crippen LogP contribution in [0.5, 0.6) is 0 Å². The first kappa shape index (κ1) is 18.4. The first-order chi connectivity index (χ1) is 10.5. The molecule has 122 valence electrons. The minimum atomic E-state index is -0.758. The van der Waals surface area contributed by atoms with Crippen molar-refractivity contribution >= 4 is 11.8 Å². The molecule has 0 spiro atoms. The third kappa shape index (κ3) is 6.85. The SMILES string of the molecule is CCC1=C(/C=C/[C@@H](O)C/C=C\CCCCC(=O)O)C(=O)CC1. The molecule has 1 rings (SSSR count). The van der Waals surface area contributed by atoms with Gasteiger partial charge in [0.05, 0.1) is 6.10 Å². The molecule has 0 bridgehead atoms. The molecule has 0 saturated carbocycles. The molecule has 0 aromatic carbocycles. The van der Waals surface area contributed by atoms with Gasteiger partial charge in [-0.1, -0.05) is 36.8 Å². The highest BCUT2D eigenvalue weighted by molar-refractivity contribution is 6.01. The number of Topliss-reactive ketones (excluding diaryl/α,β-unsaturated/α-hetero) is 1. The molecule has 0 unspecified atom stereocenters. The van der Waals surface area contributed by atoms with Crippen molar-refractivity contribution in [3.8, 4) is 0 Å². The van der Waals surface area contributed by atoms with E-state index in [0.29, 0.717) is 19.3 Å². The van der Waals surface area contributed by atoms with E-state index >= 15 is 0 Å². The van der Waals surface area contributed by atoms with Gasteiger partial charge in [0.15, 0.2) is 5.78 Å². The molecule has 4 heteroatoms. The summed E-state index contributed by atoms with van der Waals surface area (Å²) in [7, 11) is 0. The number of carboxylic acid groups (broad SMARTS) is 1. The summed E-state index contributed by atoms with van der Waals surface area (Å²) in [4.78, 5) is 22.1. The third-order valence-corrected chi connectivity index (χ3v) is 3.80. The molecule has 0 aromatic rings. The van der Waals surface area contributed by atoms with Crippen molar-refractivity contribution in [2.45, 2.75) is 64.4 Å². The Bertz CT molecular complexity index is 471. The molecule has 0 aliphatic heterocycles. The van der Waals surface area contributed by atoms with Crippen molar-refractivity contribution in [3.05, 3.63) is 35.5 Å². The van der Waals surface area contributed by atoms with Gasteiger partial charge >= 0.3 is 5.97 Å². The normalized spacial score (nSPS) is 17.1. The first-order valence-electron chi connectivity index (χ1n) is 8.02. The monoisotopic (exact) mass is 306 g/mol. The Morgan fingerprint density at radius 1 is 1.27 bits per heavy atom. The molecule has 1 atom stereocenters. The van der Waals surface area contributed by atoms with Crippen LogP contribution in [-0.2, 0) is 9.59 Å². The van der Waals surface area contributed by atoms with E-state index in [1.54, 1.807) is 12.2 Å². The molecule has 2 N–H and O–H groups in total. The summed E-state index contributed by atoms with van der Waals surface area (Å²) in [5.41, 5.74) is 1.96. The van der Waals surface area contributed by atoms with Gasteiger partial charge in [0.1, 0.15) is 0 Å². The lowest BCUT2D eigenvalue weighted by atomic mass is 10.1. The van der Waals surface area contributed by atoms with Gasteiger partial charge in [0, 0.05) is 18.4 Å². The van der Waals surface area contributed by atoms with E-state index in [9.17, 15) is 14.7 Å². The van der Waals surface area contributed by atoms with Crippen LogP contribution >= 0.6 is 0 Å². The van der Waals surface area contributed by atoms with Gasteiger partial charge in [0.2, 0.25) is 0 Å². The average molecular weight is 306 g/mol. The summed E-state index contributed by atoms with van der Waals surface area (Å²) in [6.07, 6.45) is 12.1. The van der Waals surface area contributed by atoms with Crippen LogP contribution in [0.4, 0.5) is 0 Å². The Hall–Kier alpha value is -1.68. The first-order valence-corrected chi connectivity index (χ1v) is 8.02. The minimum Gasteiger partial charge on any atom is -0.481 e. The van der Waals surface area contributed by atoms with Crippen LogP contribution in [0, 0.1) is 0 Å². The fraction of sp³-hybridized carbons (Fsp3) is 0.556. The molecule has 4 nitrogen and oxygen atoms in total. The fourth-order valence-electron chi connectivity index (χ4n) is 2.49. The molecule has 0 saturated heterocycles. The number of aliphatic hydroxyl groups excluding tert-OH is 1. The van der Waals surface area contributed by atoms with Crippen LogP contribution in [-0.4, -0.2) is 28.1 Å². The van der Waals surface area contributed by atoms with Crippen LogP contribution in [0.15, 0.2) is 35.5 Å². The third-order valence-electron chi connectivity index (χ3n) is 3.80. The Morgan fingerprint density at radius 3 is 2.73 bits per heavy atom. The summed E-state index contributed by atoms with van der Waals surface area (Å²) in [6.45, 7) is 2.05. The standard InChI is InChI=1S/C18H26O4/c1-2-14-10-13-17(20)16(14)12-11-15(19)8-6-4-3-5-7-9-18(21)22/h4,6,11-12,15,19H,2-3,5,7-10,13H2,1H3,(H,21,22)/b6-4-,12-11+/t15-/m0/s1. The Labute approximate surface area is 132 Å². The number of hydrogen-bond acceptors (Lipinski definition) is 3. The highest BCUT2D eigenvalue weighted by Gasteiger charge is 2.19. The maximum Gasteiger partial charge on any atom is 0.303 e. The van der Waals surface area contributed by atoms with Crippen molar-refractivity contribution in [2.75, 3.05) is 0 Å². The van der Waals surface area contributed by atoms with Crippen LogP contribution in [0.2, 0.25) is 0 Å². The molecular formula is C18H26O4. The van der Waals surface area contributed by atoms with Crippen LogP contribution in [0.25, 0.3) is 0 Å². The van der Waals surface area contributed by atoms with E-state index in [2.05, 4.69) is 0 Å². The predicted octanol–water partition coefficient (Wildman–Crippen LogP) is 3.56. The summed E-state index contributed by atoms with van der Waals surface area (Å²) >= 11 is 0. The van der Waals surface area contributed by atoms with Gasteiger partial charge in [-0.05, 0) is 38.5 Å². The summed E-state index contributed by atoms with van der Waals surface area (Å²) in [6, 6.07) is 0. The number of allylic oxidation sites excluding steroid dienone is 4. The number of rotatable bonds is 10. The maximum absolute atomic E-state index is 11.7. The quantitative estimate of drug-likeness (QED) is 0.478. The molecule has 0 aromatic heterocycles. The van der Waals surface area contributed by atoms with E-state index in [-0.39, 0.29) is 12.2 Å². The highest BCUT2D eigenvalue weighted by atomic mass is 16.4. The van der Waals surface area contributed by atoms with Crippen LogP contribution in [0.3, 0.4) is 0 Å². The topological polar surface area (TPSA) is 74.6 Å². The number of hydrogen-bond donors (Lipinski definition) is 2. The molecule has 22 heavy (non-hydrogen) atoms. The smallest absolute Gasteiger partial charge is 0.303 e. The summed E-state index contributed by atoms with van der Waals surface area (Å²) in [5.74, 6) is -0.582. The number of unbranched alkanes of at least 4 members (excludes halogenated alkanes) is 2. The van der Waals surface area contributed by atoms with Gasteiger partial charge in [-0.15, -0.1) is 0 Å². The van der Waals surface area contributed by atoms with Crippen molar-refractivity contribution in [1.29, 1.82) is 0 Å². The number of carbonyl (C=O) groups is 2. The number of aliphatic hydroxyl groups is 1. The van der Waals surface area contributed by atoms with Gasteiger partial charge in [-0.2, -0.15) is 0 Å². The van der Waals surface area contributed by atoms with Crippen molar-refractivity contribution in [1.82, 2.24) is 0 Å². The van der Waals surface area contributed by atoms with Crippen LogP contribution in [0.1, 0.15) is 58.3 Å². The van der Waals surface area contributed by atoms with E-state index in [0.717, 1.165) is 31.3 Å². The molecule has 0 heterocycles. The lowest BCUT2D eigenvalue weighted by Crippen LogP contribution is -2.01. The number of ketones is 1. The zero-order valence-electron chi connectivity index (χ0n) is 13.3. The Kier molecular flexibility index (Phi) is 8.44. The van der Waals surface area contributed by atoms with Gasteiger partial charge in [0.25, 0.3) is 0 Å². The van der Waals surface area contributed by atoms with Crippen molar-refractivity contribution < 1.29 is 19.8 Å². The molecule has 1 aliphatic rings. The zero-order valence-corrected chi connectivity index (χ0v) is 13.3. The number of aliphatic carboxylic acids is 1. The molecule has 0 radical (unpaired) electrons. The summed E-state index contributed by atoms with van der Waals surface area (Å²) < 4.78 is 0. The predicted molar refractivity (Wildman–Crippen MR) is 86.6 cm³/mol. The van der Waals surface area contributed by atoms with E-state index in [1.807, 2.05) is 19.1 Å². The number of carboxylic acids is 1. The van der Waals surface area contributed by atoms with Gasteiger partial charge < -0.3 is 10.2 Å². The highest BCUT2D eigenvalue weighted by Crippen LogP contribution is 2.26. The second-order valence-corrected chi connectivity index (χ2v) is 5.57. The van der Waals surface area contributed by atoms with E-state index < -0.39 is 12.1 Å².